The van der Waals surface area contributed by atoms with E-state index in [9.17, 15) is 14.4 Å². The molecular formula is C24H26N2O4. The average Bonchev–Trinajstić information content (AvgIpc) is 3.04. The molecule has 0 saturated carbocycles. The number of benzene rings is 2. The zero-order chi connectivity index (χ0) is 21.1. The van der Waals surface area contributed by atoms with Crippen LogP contribution in [0.3, 0.4) is 0 Å². The highest BCUT2D eigenvalue weighted by Gasteiger charge is 2.49. The van der Waals surface area contributed by atoms with Crippen LogP contribution in [-0.2, 0) is 25.5 Å². The largest absolute Gasteiger partial charge is 0.378 e. The Bertz CT molecular complexity index is 920. The summed E-state index contributed by atoms with van der Waals surface area (Å²) in [6.45, 7) is 4.86. The van der Waals surface area contributed by atoms with E-state index >= 15 is 0 Å². The number of Topliss-reactive ketones (excluding diaryl/α,β-unsaturated/α-hetero) is 2. The first-order chi connectivity index (χ1) is 14.6. The van der Waals surface area contributed by atoms with E-state index in [1.54, 1.807) is 4.90 Å². The molecule has 30 heavy (non-hydrogen) atoms. The molecule has 4 rings (SSSR count). The molecule has 0 bridgehead atoms. The average molecular weight is 406 g/mol. The molecule has 6 nitrogen and oxygen atoms in total. The third-order valence-electron chi connectivity index (χ3n) is 5.94. The molecule has 2 saturated heterocycles. The van der Waals surface area contributed by atoms with Crippen LogP contribution in [-0.4, -0.2) is 55.2 Å². The van der Waals surface area contributed by atoms with Gasteiger partial charge in [-0.2, -0.15) is 0 Å². The van der Waals surface area contributed by atoms with Crippen LogP contribution in [0.15, 0.2) is 54.6 Å². The molecule has 6 heteroatoms. The van der Waals surface area contributed by atoms with Gasteiger partial charge in [0.25, 0.3) is 5.91 Å². The van der Waals surface area contributed by atoms with Gasteiger partial charge in [0.15, 0.2) is 0 Å². The Morgan fingerprint density at radius 1 is 1.00 bits per heavy atom. The predicted molar refractivity (Wildman–Crippen MR) is 113 cm³/mol. The lowest BCUT2D eigenvalue weighted by atomic mass is 9.89. The quantitative estimate of drug-likeness (QED) is 0.545. The summed E-state index contributed by atoms with van der Waals surface area (Å²) in [5, 5.41) is 0. The number of rotatable bonds is 6. The van der Waals surface area contributed by atoms with Gasteiger partial charge in [0.2, 0.25) is 5.78 Å². The molecular weight excluding hydrogens is 380 g/mol. The van der Waals surface area contributed by atoms with E-state index in [-0.39, 0.29) is 5.78 Å². The summed E-state index contributed by atoms with van der Waals surface area (Å²) in [5.41, 5.74) is 2.98. The third kappa shape index (κ3) is 4.00. The molecule has 2 atom stereocenters. The number of carbonyl (C=O) groups excluding carboxylic acids is 3. The Kier molecular flexibility index (Phi) is 5.95. The summed E-state index contributed by atoms with van der Waals surface area (Å²) < 4.78 is 5.41. The zero-order valence-corrected chi connectivity index (χ0v) is 17.1. The summed E-state index contributed by atoms with van der Waals surface area (Å²) >= 11 is 0. The summed E-state index contributed by atoms with van der Waals surface area (Å²) in [4.78, 5) is 41.5. The smallest absolute Gasteiger partial charge is 0.291 e. The van der Waals surface area contributed by atoms with Gasteiger partial charge >= 0.3 is 0 Å². The van der Waals surface area contributed by atoms with Crippen LogP contribution in [0, 0.1) is 5.92 Å². The predicted octanol–water partition coefficient (Wildman–Crippen LogP) is 2.42. The van der Waals surface area contributed by atoms with Crippen LogP contribution in [0.5, 0.6) is 0 Å². The Labute approximate surface area is 176 Å². The van der Waals surface area contributed by atoms with Gasteiger partial charge in [0, 0.05) is 25.3 Å². The molecule has 2 unspecified atom stereocenters. The van der Waals surface area contributed by atoms with Crippen molar-refractivity contribution in [2.75, 3.05) is 37.7 Å². The first kappa shape index (κ1) is 20.3. The lowest BCUT2D eigenvalue weighted by molar-refractivity contribution is -0.142. The molecule has 0 aromatic heterocycles. The minimum absolute atomic E-state index is 0.266. The molecule has 0 N–H and O–H groups in total. The van der Waals surface area contributed by atoms with Gasteiger partial charge in [-0.3, -0.25) is 14.4 Å². The lowest BCUT2D eigenvalue weighted by Crippen LogP contribution is -2.36. The maximum atomic E-state index is 12.7. The van der Waals surface area contributed by atoms with E-state index in [1.807, 2.05) is 54.6 Å². The summed E-state index contributed by atoms with van der Waals surface area (Å²) in [6.07, 6.45) is 0.632. The number of likely N-dealkylation sites (tertiary alicyclic amines) is 1. The standard InChI is InChI=1S/C24H26N2O4/c1-17(27)21-22(19-7-9-20(10-8-19)25-13-15-30-16-14-25)26(24(29)23(21)28)12-11-18-5-3-2-4-6-18/h2-10,21-22H,11-16H2,1H3. The van der Waals surface area contributed by atoms with Crippen LogP contribution < -0.4 is 4.90 Å². The highest BCUT2D eigenvalue weighted by atomic mass is 16.5. The Hall–Kier alpha value is -2.99. The van der Waals surface area contributed by atoms with Gasteiger partial charge in [0.1, 0.15) is 11.7 Å². The minimum atomic E-state index is -0.942. The van der Waals surface area contributed by atoms with Crippen molar-refractivity contribution in [3.8, 4) is 0 Å². The molecule has 2 fully saturated rings. The van der Waals surface area contributed by atoms with Crippen molar-refractivity contribution in [2.45, 2.75) is 19.4 Å². The number of morpholine rings is 1. The van der Waals surface area contributed by atoms with Gasteiger partial charge < -0.3 is 14.5 Å². The number of nitrogens with zero attached hydrogens (tertiary/aromatic N) is 2. The summed E-state index contributed by atoms with van der Waals surface area (Å²) in [7, 11) is 0. The molecule has 2 aromatic carbocycles. The fraction of sp³-hybridized carbons (Fsp3) is 0.375. The summed E-state index contributed by atoms with van der Waals surface area (Å²) in [6, 6.07) is 17.2. The molecule has 1 amide bonds. The molecule has 0 aliphatic carbocycles. The van der Waals surface area contributed by atoms with E-state index in [2.05, 4.69) is 4.90 Å². The number of ether oxygens (including phenoxy) is 1. The number of carbonyl (C=O) groups is 3. The molecule has 2 heterocycles. The molecule has 2 aliphatic heterocycles. The van der Waals surface area contributed by atoms with Gasteiger partial charge in [-0.05, 0) is 36.6 Å². The van der Waals surface area contributed by atoms with Gasteiger partial charge in [0.05, 0.1) is 19.3 Å². The van der Waals surface area contributed by atoms with Crippen molar-refractivity contribution in [1.82, 2.24) is 4.90 Å². The third-order valence-corrected chi connectivity index (χ3v) is 5.94. The van der Waals surface area contributed by atoms with Crippen LogP contribution in [0.25, 0.3) is 0 Å². The monoisotopic (exact) mass is 406 g/mol. The van der Waals surface area contributed by atoms with Gasteiger partial charge in [-0.25, -0.2) is 0 Å². The Balaban J connectivity index is 1.59. The number of ketones is 2. The second-order valence-corrected chi connectivity index (χ2v) is 7.82. The fourth-order valence-corrected chi connectivity index (χ4v) is 4.34. The Morgan fingerprint density at radius 3 is 2.30 bits per heavy atom. The second-order valence-electron chi connectivity index (χ2n) is 7.82. The van der Waals surface area contributed by atoms with Gasteiger partial charge in [-0.15, -0.1) is 0 Å². The molecule has 156 valence electrons. The maximum absolute atomic E-state index is 12.7. The van der Waals surface area contributed by atoms with Crippen molar-refractivity contribution < 1.29 is 19.1 Å². The first-order valence-corrected chi connectivity index (χ1v) is 10.4. The van der Waals surface area contributed by atoms with Crippen molar-refractivity contribution >= 4 is 23.2 Å². The normalized spacial score (nSPS) is 21.9. The molecule has 2 aliphatic rings. The van der Waals surface area contributed by atoms with E-state index < -0.39 is 23.7 Å². The fourth-order valence-electron chi connectivity index (χ4n) is 4.34. The lowest BCUT2D eigenvalue weighted by Gasteiger charge is -2.30. The van der Waals surface area contributed by atoms with Crippen LogP contribution in [0.4, 0.5) is 5.69 Å². The van der Waals surface area contributed by atoms with Crippen LogP contribution in [0.2, 0.25) is 0 Å². The number of anilines is 1. The Morgan fingerprint density at radius 2 is 1.67 bits per heavy atom. The van der Waals surface area contributed by atoms with E-state index in [4.69, 9.17) is 4.74 Å². The van der Waals surface area contributed by atoms with E-state index in [0.29, 0.717) is 26.2 Å². The van der Waals surface area contributed by atoms with E-state index in [0.717, 1.165) is 29.9 Å². The van der Waals surface area contributed by atoms with Crippen LogP contribution >= 0.6 is 0 Å². The van der Waals surface area contributed by atoms with Crippen molar-refractivity contribution in [3.63, 3.8) is 0 Å². The number of hydrogen-bond donors (Lipinski definition) is 0. The molecule has 0 spiro atoms. The molecule has 0 radical (unpaired) electrons. The van der Waals surface area contributed by atoms with Crippen molar-refractivity contribution in [2.24, 2.45) is 5.92 Å². The maximum Gasteiger partial charge on any atom is 0.291 e. The van der Waals surface area contributed by atoms with Crippen molar-refractivity contribution in [3.05, 3.63) is 65.7 Å². The second kappa shape index (κ2) is 8.79. The SMILES string of the molecule is CC(=O)C1C(=O)C(=O)N(CCc2ccccc2)C1c1ccc(N2CCOCC2)cc1. The van der Waals surface area contributed by atoms with E-state index in [1.165, 1.54) is 6.92 Å². The van der Waals surface area contributed by atoms with Gasteiger partial charge in [-0.1, -0.05) is 42.5 Å². The highest BCUT2D eigenvalue weighted by Crippen LogP contribution is 2.37. The summed E-state index contributed by atoms with van der Waals surface area (Å²) in [5.74, 6) is -2.37. The van der Waals surface area contributed by atoms with Crippen LogP contribution in [0.1, 0.15) is 24.1 Å². The first-order valence-electron chi connectivity index (χ1n) is 10.4. The highest BCUT2D eigenvalue weighted by molar-refractivity contribution is 6.42. The minimum Gasteiger partial charge on any atom is -0.378 e. The topological polar surface area (TPSA) is 66.9 Å². The van der Waals surface area contributed by atoms with Crippen molar-refractivity contribution in [1.29, 1.82) is 0 Å². The number of amides is 1. The number of hydrogen-bond acceptors (Lipinski definition) is 5. The zero-order valence-electron chi connectivity index (χ0n) is 17.1. The molecule has 2 aromatic rings.